The van der Waals surface area contributed by atoms with Crippen LogP contribution in [0.3, 0.4) is 0 Å². The Morgan fingerprint density at radius 1 is 1.45 bits per heavy atom. The number of thioether (sulfide) groups is 1. The predicted octanol–water partition coefficient (Wildman–Crippen LogP) is 0.872. The molecular weight excluding hydrogens is 164 g/mol. The Labute approximate surface area is 70.5 Å². The van der Waals surface area contributed by atoms with E-state index in [1.165, 1.54) is 18.9 Å². The van der Waals surface area contributed by atoms with Gasteiger partial charge in [0, 0.05) is 0 Å². The van der Waals surface area contributed by atoms with E-state index in [1.807, 2.05) is 6.92 Å². The van der Waals surface area contributed by atoms with Crippen molar-refractivity contribution >= 4 is 23.5 Å². The van der Waals surface area contributed by atoms with Crippen LogP contribution in [0.15, 0.2) is 0 Å². The zero-order valence-corrected chi connectivity index (χ0v) is 7.57. The molecule has 0 unspecified atom stereocenters. The van der Waals surface area contributed by atoms with Crippen LogP contribution < -0.4 is 0 Å². The van der Waals surface area contributed by atoms with Gasteiger partial charge in [0.05, 0.1) is 12.9 Å². The van der Waals surface area contributed by atoms with Crippen LogP contribution in [-0.2, 0) is 14.3 Å². The van der Waals surface area contributed by atoms with Gasteiger partial charge >= 0.3 is 5.97 Å². The van der Waals surface area contributed by atoms with Gasteiger partial charge in [0.1, 0.15) is 6.42 Å². The summed E-state index contributed by atoms with van der Waals surface area (Å²) in [5.41, 5.74) is 0. The van der Waals surface area contributed by atoms with Gasteiger partial charge in [-0.25, -0.2) is 0 Å². The molecule has 0 aromatic rings. The number of ketones is 1. The Bertz CT molecular complexity index is 145. The second-order valence-corrected chi connectivity index (χ2v) is 3.20. The molecule has 0 heterocycles. The highest BCUT2D eigenvalue weighted by atomic mass is 32.2. The minimum atomic E-state index is -0.452. The first-order valence-corrected chi connectivity index (χ1v) is 4.52. The molecule has 0 N–H and O–H groups in total. The number of methoxy groups -OCH3 is 1. The molecule has 3 nitrogen and oxygen atoms in total. The molecule has 0 spiro atoms. The average molecular weight is 176 g/mol. The first kappa shape index (κ1) is 10.5. The highest BCUT2D eigenvalue weighted by Crippen LogP contribution is 2.00. The molecule has 0 aromatic heterocycles. The van der Waals surface area contributed by atoms with Gasteiger partial charge in [-0.3, -0.25) is 9.59 Å². The Balaban J connectivity index is 3.44. The van der Waals surface area contributed by atoms with Crippen LogP contribution >= 0.6 is 11.8 Å². The first-order chi connectivity index (χ1) is 5.20. The van der Waals surface area contributed by atoms with E-state index in [0.29, 0.717) is 5.75 Å². The molecule has 0 bridgehead atoms. The fourth-order valence-corrected chi connectivity index (χ4v) is 1.03. The molecule has 0 fully saturated rings. The van der Waals surface area contributed by atoms with Gasteiger partial charge < -0.3 is 4.74 Å². The van der Waals surface area contributed by atoms with Crippen molar-refractivity contribution in [3.8, 4) is 0 Å². The van der Waals surface area contributed by atoms with Gasteiger partial charge in [-0.1, -0.05) is 6.92 Å². The zero-order chi connectivity index (χ0) is 8.69. The lowest BCUT2D eigenvalue weighted by Gasteiger charge is -1.97. The summed E-state index contributed by atoms with van der Waals surface area (Å²) >= 11 is 1.51. The van der Waals surface area contributed by atoms with Gasteiger partial charge in [-0.05, 0) is 5.75 Å². The van der Waals surface area contributed by atoms with Gasteiger partial charge in [-0.15, -0.1) is 0 Å². The third-order valence-electron chi connectivity index (χ3n) is 1.04. The predicted molar refractivity (Wildman–Crippen MR) is 44.6 cm³/mol. The summed E-state index contributed by atoms with van der Waals surface area (Å²) in [6, 6.07) is 0. The monoisotopic (exact) mass is 176 g/mol. The van der Waals surface area contributed by atoms with Crippen LogP contribution in [0.25, 0.3) is 0 Å². The molecule has 0 atom stereocenters. The lowest BCUT2D eigenvalue weighted by molar-refractivity contribution is -0.142. The highest BCUT2D eigenvalue weighted by Gasteiger charge is 2.07. The van der Waals surface area contributed by atoms with Crippen molar-refractivity contribution in [3.05, 3.63) is 0 Å². The summed E-state index contributed by atoms with van der Waals surface area (Å²) in [5.74, 6) is 0.786. The molecule has 0 saturated carbocycles. The Morgan fingerprint density at radius 2 is 2.09 bits per heavy atom. The summed E-state index contributed by atoms with van der Waals surface area (Å²) in [6.45, 7) is 1.97. The molecule has 11 heavy (non-hydrogen) atoms. The van der Waals surface area contributed by atoms with E-state index in [4.69, 9.17) is 0 Å². The first-order valence-electron chi connectivity index (χ1n) is 3.37. The normalized spacial score (nSPS) is 9.27. The molecule has 0 aliphatic carbocycles. The van der Waals surface area contributed by atoms with E-state index < -0.39 is 5.97 Å². The fourth-order valence-electron chi connectivity index (χ4n) is 0.500. The van der Waals surface area contributed by atoms with E-state index in [1.54, 1.807) is 0 Å². The van der Waals surface area contributed by atoms with Crippen LogP contribution in [0.5, 0.6) is 0 Å². The number of hydrogen-bond donors (Lipinski definition) is 0. The molecule has 0 rings (SSSR count). The molecule has 0 aromatic carbocycles. The van der Waals surface area contributed by atoms with E-state index in [0.717, 1.165) is 5.75 Å². The second-order valence-electron chi connectivity index (χ2n) is 1.93. The van der Waals surface area contributed by atoms with Gasteiger partial charge in [0.15, 0.2) is 5.78 Å². The minimum Gasteiger partial charge on any atom is -0.469 e. The van der Waals surface area contributed by atoms with Crippen LogP contribution in [0.1, 0.15) is 13.3 Å². The molecule has 64 valence electrons. The fraction of sp³-hybridized carbons (Fsp3) is 0.714. The maximum Gasteiger partial charge on any atom is 0.313 e. The summed E-state index contributed by atoms with van der Waals surface area (Å²) in [5, 5.41) is 0. The number of hydrogen-bond acceptors (Lipinski definition) is 4. The molecule has 0 aliphatic rings. The van der Waals surface area contributed by atoms with E-state index in [-0.39, 0.29) is 12.2 Å². The molecule has 0 saturated heterocycles. The van der Waals surface area contributed by atoms with Gasteiger partial charge in [-0.2, -0.15) is 11.8 Å². The number of ether oxygens (including phenoxy) is 1. The van der Waals surface area contributed by atoms with Crippen LogP contribution in [0.2, 0.25) is 0 Å². The van der Waals surface area contributed by atoms with Crippen molar-refractivity contribution < 1.29 is 14.3 Å². The quantitative estimate of drug-likeness (QED) is 0.460. The number of carbonyl (C=O) groups is 2. The van der Waals surface area contributed by atoms with Crippen molar-refractivity contribution in [2.24, 2.45) is 0 Å². The van der Waals surface area contributed by atoms with Gasteiger partial charge in [0.2, 0.25) is 0 Å². The molecule has 0 radical (unpaired) electrons. The highest BCUT2D eigenvalue weighted by molar-refractivity contribution is 7.99. The van der Waals surface area contributed by atoms with Gasteiger partial charge in [0.25, 0.3) is 0 Å². The number of carbonyl (C=O) groups excluding carboxylic acids is 2. The van der Waals surface area contributed by atoms with E-state index in [9.17, 15) is 9.59 Å². The minimum absolute atomic E-state index is 0.0660. The summed E-state index contributed by atoms with van der Waals surface area (Å²) in [4.78, 5) is 21.4. The van der Waals surface area contributed by atoms with Crippen molar-refractivity contribution in [1.82, 2.24) is 0 Å². The second kappa shape index (κ2) is 6.22. The molecule has 0 aliphatic heterocycles. The molecule has 4 heteroatoms. The number of rotatable bonds is 5. The lowest BCUT2D eigenvalue weighted by atomic mass is 10.3. The smallest absolute Gasteiger partial charge is 0.313 e. The zero-order valence-electron chi connectivity index (χ0n) is 6.75. The van der Waals surface area contributed by atoms with Crippen molar-refractivity contribution in [1.29, 1.82) is 0 Å². The van der Waals surface area contributed by atoms with E-state index >= 15 is 0 Å². The van der Waals surface area contributed by atoms with Crippen LogP contribution in [0.4, 0.5) is 0 Å². The van der Waals surface area contributed by atoms with Crippen molar-refractivity contribution in [2.75, 3.05) is 18.6 Å². The number of Topliss-reactive ketones (excluding diaryl/α,β-unsaturated/α-hetero) is 1. The van der Waals surface area contributed by atoms with Crippen molar-refractivity contribution in [2.45, 2.75) is 13.3 Å². The number of esters is 1. The lowest BCUT2D eigenvalue weighted by Crippen LogP contribution is -2.11. The molecule has 0 amide bonds. The van der Waals surface area contributed by atoms with E-state index in [2.05, 4.69) is 4.74 Å². The Hall–Kier alpha value is -0.510. The summed E-state index contributed by atoms with van der Waals surface area (Å²) in [6.07, 6.45) is -0.0938. The summed E-state index contributed by atoms with van der Waals surface area (Å²) < 4.78 is 4.33. The maximum absolute atomic E-state index is 10.8. The van der Waals surface area contributed by atoms with Crippen LogP contribution in [0, 0.1) is 0 Å². The Kier molecular flexibility index (Phi) is 5.93. The topological polar surface area (TPSA) is 43.4 Å². The third kappa shape index (κ3) is 5.91. The SMILES string of the molecule is CCSCC(=O)CC(=O)OC. The third-order valence-corrected chi connectivity index (χ3v) is 1.97. The largest absolute Gasteiger partial charge is 0.469 e. The average Bonchev–Trinajstić information content (AvgIpc) is 2.00. The van der Waals surface area contributed by atoms with Crippen molar-refractivity contribution in [3.63, 3.8) is 0 Å². The Morgan fingerprint density at radius 3 is 2.55 bits per heavy atom. The molecular formula is C7H12O3S. The summed E-state index contributed by atoms with van der Waals surface area (Å²) in [7, 11) is 1.28. The van der Waals surface area contributed by atoms with Crippen LogP contribution in [-0.4, -0.2) is 30.4 Å². The standard InChI is InChI=1S/C7H12O3S/c1-3-11-5-6(8)4-7(9)10-2/h3-5H2,1-2H3. The maximum atomic E-state index is 10.8.